The number of amides is 3. The molecule has 3 saturated heterocycles. The Morgan fingerprint density at radius 2 is 1.74 bits per heavy atom. The number of hydrogen-bond acceptors (Lipinski definition) is 5. The molecule has 184 valence electrons. The minimum absolute atomic E-state index is 0.130. The molecule has 35 heavy (non-hydrogen) atoms. The maximum Gasteiger partial charge on any atom is 0.250 e. The summed E-state index contributed by atoms with van der Waals surface area (Å²) in [5.41, 5.74) is 0.00999. The number of carbonyl (C=O) groups excluding carboxylic acids is 3. The van der Waals surface area contributed by atoms with Crippen LogP contribution in [0.4, 0.5) is 11.4 Å². The van der Waals surface area contributed by atoms with Crippen LogP contribution in [0.25, 0.3) is 0 Å². The maximum absolute atomic E-state index is 13.7. The van der Waals surface area contributed by atoms with Gasteiger partial charge in [-0.1, -0.05) is 45.7 Å². The van der Waals surface area contributed by atoms with Gasteiger partial charge in [0.1, 0.15) is 11.6 Å². The zero-order chi connectivity index (χ0) is 24.7. The number of para-hydroxylation sites is 1. The number of nitrogens with zero attached hydrogens (tertiary/aromatic N) is 1. The Labute approximate surface area is 216 Å². The quantitative estimate of drug-likeness (QED) is 0.450. The van der Waals surface area contributed by atoms with Gasteiger partial charge in [-0.2, -0.15) is 0 Å². The van der Waals surface area contributed by atoms with E-state index in [1.165, 1.54) is 4.90 Å². The smallest absolute Gasteiger partial charge is 0.250 e. The first-order valence-electron chi connectivity index (χ1n) is 11.5. The van der Waals surface area contributed by atoms with Gasteiger partial charge in [-0.25, -0.2) is 0 Å². The fraction of sp³-hybridized carbons (Fsp3) is 0.400. The molecule has 2 aromatic carbocycles. The van der Waals surface area contributed by atoms with E-state index in [1.807, 2.05) is 18.2 Å². The monoisotopic (exact) mass is 561 g/mol. The van der Waals surface area contributed by atoms with E-state index in [-0.39, 0.29) is 29.8 Å². The third-order valence-corrected chi connectivity index (χ3v) is 8.15. The van der Waals surface area contributed by atoms with E-state index in [0.717, 1.165) is 0 Å². The zero-order valence-electron chi connectivity index (χ0n) is 18.7. The standard InChI is InChI=1S/C25H25BrClN3O5/c26-17-13-25-19(18(20(17)35-25)22(32)28-15-5-2-1-3-6-15)24(34)30(11-4-12-31)21(25)23(33)29-16-9-7-14(27)8-10-16/h1-3,5-10,17-21,31H,4,11-13H2,(H,28,32)(H,29,33)/t17?,18-,19+,20-,21?,25?/m1/s1. The van der Waals surface area contributed by atoms with Crippen molar-refractivity contribution in [3.8, 4) is 0 Å². The zero-order valence-corrected chi connectivity index (χ0v) is 21.0. The number of benzene rings is 2. The molecular weight excluding hydrogens is 538 g/mol. The van der Waals surface area contributed by atoms with Crippen molar-refractivity contribution in [2.45, 2.75) is 35.4 Å². The molecule has 0 aliphatic carbocycles. The van der Waals surface area contributed by atoms with Crippen LogP contribution in [-0.2, 0) is 19.1 Å². The summed E-state index contributed by atoms with van der Waals surface area (Å²) in [6, 6.07) is 14.8. The van der Waals surface area contributed by atoms with Gasteiger partial charge in [0.15, 0.2) is 0 Å². The fourth-order valence-electron chi connectivity index (χ4n) is 5.70. The van der Waals surface area contributed by atoms with Crippen molar-refractivity contribution in [3.05, 3.63) is 59.6 Å². The summed E-state index contributed by atoms with van der Waals surface area (Å²) >= 11 is 9.61. The van der Waals surface area contributed by atoms with Crippen LogP contribution < -0.4 is 10.6 Å². The second kappa shape index (κ2) is 9.54. The fourth-order valence-corrected chi connectivity index (χ4v) is 6.77. The van der Waals surface area contributed by atoms with Crippen LogP contribution in [0.2, 0.25) is 5.02 Å². The van der Waals surface area contributed by atoms with E-state index in [9.17, 15) is 19.5 Å². The summed E-state index contributed by atoms with van der Waals surface area (Å²) in [6.07, 6.45) is 0.178. The molecule has 0 saturated carbocycles. The number of alkyl halides is 1. The van der Waals surface area contributed by atoms with Crippen LogP contribution >= 0.6 is 27.5 Å². The molecule has 10 heteroatoms. The number of rotatable bonds is 7. The molecular formula is C25H25BrClN3O5. The summed E-state index contributed by atoms with van der Waals surface area (Å²) in [5.74, 6) is -2.57. The molecule has 3 amide bonds. The highest BCUT2D eigenvalue weighted by Gasteiger charge is 2.76. The molecule has 3 fully saturated rings. The number of ether oxygens (including phenoxy) is 1. The summed E-state index contributed by atoms with van der Waals surface area (Å²) in [4.78, 5) is 42.1. The minimum atomic E-state index is -1.15. The largest absolute Gasteiger partial charge is 0.396 e. The minimum Gasteiger partial charge on any atom is -0.396 e. The Morgan fingerprint density at radius 3 is 2.43 bits per heavy atom. The maximum atomic E-state index is 13.7. The van der Waals surface area contributed by atoms with E-state index < -0.39 is 35.5 Å². The molecule has 0 aromatic heterocycles. The summed E-state index contributed by atoms with van der Waals surface area (Å²) in [6.45, 7) is 0.0513. The normalized spacial score (nSPS) is 30.9. The first kappa shape index (κ1) is 24.2. The van der Waals surface area contributed by atoms with Crippen LogP contribution in [0.1, 0.15) is 12.8 Å². The van der Waals surface area contributed by atoms with E-state index in [2.05, 4.69) is 26.6 Å². The van der Waals surface area contributed by atoms with Crippen molar-refractivity contribution < 1.29 is 24.2 Å². The van der Waals surface area contributed by atoms with Gasteiger partial charge < -0.3 is 25.4 Å². The number of carbonyl (C=O) groups is 3. The number of aliphatic hydroxyl groups is 1. The number of likely N-dealkylation sites (tertiary alicyclic amines) is 1. The van der Waals surface area contributed by atoms with Gasteiger partial charge in [0.25, 0.3) is 0 Å². The van der Waals surface area contributed by atoms with E-state index in [4.69, 9.17) is 16.3 Å². The van der Waals surface area contributed by atoms with Crippen LogP contribution in [0, 0.1) is 11.8 Å². The van der Waals surface area contributed by atoms with Gasteiger partial charge in [-0.15, -0.1) is 0 Å². The van der Waals surface area contributed by atoms with Crippen molar-refractivity contribution in [1.29, 1.82) is 0 Å². The lowest BCUT2D eigenvalue weighted by molar-refractivity contribution is -0.139. The number of anilines is 2. The third kappa shape index (κ3) is 4.14. The summed E-state index contributed by atoms with van der Waals surface area (Å²) in [7, 11) is 0. The molecule has 3 aliphatic heterocycles. The second-order valence-electron chi connectivity index (χ2n) is 9.12. The highest BCUT2D eigenvalue weighted by Crippen LogP contribution is 2.60. The number of hydrogen-bond donors (Lipinski definition) is 3. The first-order chi connectivity index (χ1) is 16.9. The van der Waals surface area contributed by atoms with Gasteiger partial charge in [0, 0.05) is 34.4 Å². The van der Waals surface area contributed by atoms with E-state index in [0.29, 0.717) is 29.2 Å². The van der Waals surface area contributed by atoms with Gasteiger partial charge in [0.05, 0.1) is 17.9 Å². The SMILES string of the molecule is O=C(Nc1ccc(Cl)cc1)C1N(CCCO)C(=O)[C@@H]2[C@@H](C(=O)Nc3ccccc3)[C@@H]3OC12CC3Br. The second-order valence-corrected chi connectivity index (χ2v) is 10.7. The number of fused-ring (bicyclic) bond motifs is 1. The molecule has 3 N–H and O–H groups in total. The molecule has 2 aromatic rings. The molecule has 8 nitrogen and oxygen atoms in total. The predicted octanol–water partition coefficient (Wildman–Crippen LogP) is 3.05. The van der Waals surface area contributed by atoms with Crippen molar-refractivity contribution in [2.75, 3.05) is 23.8 Å². The van der Waals surface area contributed by atoms with Crippen molar-refractivity contribution >= 4 is 56.6 Å². The van der Waals surface area contributed by atoms with Crippen LogP contribution in [0.15, 0.2) is 54.6 Å². The van der Waals surface area contributed by atoms with Crippen LogP contribution in [0.5, 0.6) is 0 Å². The lowest BCUT2D eigenvalue weighted by Gasteiger charge is -2.34. The van der Waals surface area contributed by atoms with Crippen molar-refractivity contribution in [1.82, 2.24) is 4.90 Å². The Kier molecular flexibility index (Phi) is 6.61. The molecule has 2 bridgehead atoms. The van der Waals surface area contributed by atoms with Crippen molar-refractivity contribution in [3.63, 3.8) is 0 Å². The van der Waals surface area contributed by atoms with E-state index >= 15 is 0 Å². The molecule has 5 rings (SSSR count). The Balaban J connectivity index is 1.48. The Bertz CT molecular complexity index is 1130. The van der Waals surface area contributed by atoms with Crippen molar-refractivity contribution in [2.24, 2.45) is 11.8 Å². The van der Waals surface area contributed by atoms with Gasteiger partial charge in [0.2, 0.25) is 17.7 Å². The topological polar surface area (TPSA) is 108 Å². The molecule has 6 atom stereocenters. The number of aliphatic hydroxyl groups excluding tert-OH is 1. The molecule has 1 spiro atoms. The predicted molar refractivity (Wildman–Crippen MR) is 134 cm³/mol. The van der Waals surface area contributed by atoms with Gasteiger partial charge >= 0.3 is 0 Å². The van der Waals surface area contributed by atoms with Gasteiger partial charge in [-0.05, 0) is 49.2 Å². The Hall–Kier alpha value is -2.46. The number of nitrogens with one attached hydrogen (secondary N) is 2. The average Bonchev–Trinajstić information content (AvgIpc) is 3.43. The lowest BCUT2D eigenvalue weighted by atomic mass is 9.70. The first-order valence-corrected chi connectivity index (χ1v) is 12.8. The molecule has 3 unspecified atom stereocenters. The number of halogens is 2. The van der Waals surface area contributed by atoms with Gasteiger partial charge in [-0.3, -0.25) is 14.4 Å². The van der Waals surface area contributed by atoms with Crippen LogP contribution in [0.3, 0.4) is 0 Å². The summed E-state index contributed by atoms with van der Waals surface area (Å²) in [5, 5.41) is 15.7. The average molecular weight is 563 g/mol. The molecule has 3 aliphatic rings. The Morgan fingerprint density at radius 1 is 1.09 bits per heavy atom. The molecule has 0 radical (unpaired) electrons. The van der Waals surface area contributed by atoms with E-state index in [1.54, 1.807) is 36.4 Å². The highest BCUT2D eigenvalue weighted by molar-refractivity contribution is 9.09. The van der Waals surface area contributed by atoms with Crippen LogP contribution in [-0.4, -0.2) is 63.5 Å². The molecule has 3 heterocycles. The summed E-state index contributed by atoms with van der Waals surface area (Å²) < 4.78 is 6.42. The lowest BCUT2D eigenvalue weighted by Crippen LogP contribution is -2.54. The highest BCUT2D eigenvalue weighted by atomic mass is 79.9. The third-order valence-electron chi connectivity index (χ3n) is 7.05.